The van der Waals surface area contributed by atoms with Gasteiger partial charge >= 0.3 is 0 Å². The Morgan fingerprint density at radius 3 is 2.40 bits per heavy atom. The van der Waals surface area contributed by atoms with Crippen molar-refractivity contribution in [2.75, 3.05) is 6.61 Å². The standard InChI is InChI=1S/C22H42O3/c1-4-7-9-10-11-12-19-18(14-16-20(19)23)15-17-21(24)22(25-6-3)13-8-5-2/h15,17-24H,4-14,16H2,1-3H3/b17-15+/t18-,19-,20+,21?,22?/m1/s1. The van der Waals surface area contributed by atoms with E-state index in [1.807, 2.05) is 13.0 Å². The van der Waals surface area contributed by atoms with Gasteiger partial charge in [0.25, 0.3) is 0 Å². The van der Waals surface area contributed by atoms with E-state index in [0.29, 0.717) is 18.4 Å². The van der Waals surface area contributed by atoms with Crippen LogP contribution in [0.15, 0.2) is 12.2 Å². The van der Waals surface area contributed by atoms with Crippen LogP contribution in [0.25, 0.3) is 0 Å². The predicted octanol–water partition coefficient (Wildman–Crippen LogP) is 5.25. The summed E-state index contributed by atoms with van der Waals surface area (Å²) in [6, 6.07) is 0. The highest BCUT2D eigenvalue weighted by Gasteiger charge is 2.33. The first-order valence-electron chi connectivity index (χ1n) is 10.8. The van der Waals surface area contributed by atoms with Gasteiger partial charge in [-0.05, 0) is 44.4 Å². The molecule has 148 valence electrons. The number of ether oxygens (including phenoxy) is 1. The van der Waals surface area contributed by atoms with Crippen molar-refractivity contribution in [2.45, 2.75) is 110 Å². The first-order chi connectivity index (χ1) is 12.1. The molecule has 25 heavy (non-hydrogen) atoms. The molecule has 2 N–H and O–H groups in total. The number of hydrogen-bond acceptors (Lipinski definition) is 3. The molecule has 0 saturated heterocycles. The van der Waals surface area contributed by atoms with Crippen LogP contribution in [-0.4, -0.2) is 35.1 Å². The van der Waals surface area contributed by atoms with Crippen LogP contribution in [0.3, 0.4) is 0 Å². The molecule has 3 nitrogen and oxygen atoms in total. The Kier molecular flexibility index (Phi) is 12.5. The van der Waals surface area contributed by atoms with Gasteiger partial charge in [0, 0.05) is 6.61 Å². The second-order valence-corrected chi connectivity index (χ2v) is 7.69. The van der Waals surface area contributed by atoms with Crippen molar-refractivity contribution >= 4 is 0 Å². The molecule has 3 heteroatoms. The lowest BCUT2D eigenvalue weighted by Gasteiger charge is -2.22. The van der Waals surface area contributed by atoms with Crippen LogP contribution >= 0.6 is 0 Å². The maximum Gasteiger partial charge on any atom is 0.0982 e. The summed E-state index contributed by atoms with van der Waals surface area (Å²) >= 11 is 0. The fraction of sp³-hybridized carbons (Fsp3) is 0.909. The molecule has 0 heterocycles. The zero-order valence-corrected chi connectivity index (χ0v) is 16.8. The van der Waals surface area contributed by atoms with E-state index in [2.05, 4.69) is 19.9 Å². The van der Waals surface area contributed by atoms with Crippen LogP contribution in [0.1, 0.15) is 91.4 Å². The number of hydrogen-bond donors (Lipinski definition) is 2. The number of unbranched alkanes of at least 4 members (excludes halogenated alkanes) is 5. The molecule has 2 unspecified atom stereocenters. The van der Waals surface area contributed by atoms with Gasteiger partial charge in [0.2, 0.25) is 0 Å². The van der Waals surface area contributed by atoms with E-state index in [4.69, 9.17) is 4.74 Å². The van der Waals surface area contributed by atoms with Crippen LogP contribution < -0.4 is 0 Å². The molecule has 0 amide bonds. The Morgan fingerprint density at radius 2 is 1.72 bits per heavy atom. The van der Waals surface area contributed by atoms with Crippen molar-refractivity contribution in [1.29, 1.82) is 0 Å². The topological polar surface area (TPSA) is 49.7 Å². The minimum absolute atomic E-state index is 0.0972. The van der Waals surface area contributed by atoms with E-state index in [-0.39, 0.29) is 12.2 Å². The minimum Gasteiger partial charge on any atom is -0.393 e. The molecular formula is C22H42O3. The lowest BCUT2D eigenvalue weighted by molar-refractivity contribution is -0.0175. The average molecular weight is 355 g/mol. The number of allylic oxidation sites excluding steroid dienone is 1. The second-order valence-electron chi connectivity index (χ2n) is 7.69. The average Bonchev–Trinajstić information content (AvgIpc) is 2.96. The van der Waals surface area contributed by atoms with Gasteiger partial charge in [0.1, 0.15) is 0 Å². The van der Waals surface area contributed by atoms with Gasteiger partial charge in [0.05, 0.1) is 18.3 Å². The van der Waals surface area contributed by atoms with Gasteiger partial charge in [-0.15, -0.1) is 0 Å². The number of aliphatic hydroxyl groups is 2. The van der Waals surface area contributed by atoms with Gasteiger partial charge in [-0.3, -0.25) is 0 Å². The summed E-state index contributed by atoms with van der Waals surface area (Å²) in [5.74, 6) is 0.774. The second kappa shape index (κ2) is 13.8. The van der Waals surface area contributed by atoms with E-state index in [9.17, 15) is 10.2 Å². The number of rotatable bonds is 14. The lowest BCUT2D eigenvalue weighted by Crippen LogP contribution is -2.28. The fourth-order valence-electron chi connectivity index (χ4n) is 4.06. The highest BCUT2D eigenvalue weighted by Crippen LogP contribution is 2.37. The maximum atomic E-state index is 10.5. The quantitative estimate of drug-likeness (QED) is 0.331. The van der Waals surface area contributed by atoms with Gasteiger partial charge < -0.3 is 14.9 Å². The Balaban J connectivity index is 2.48. The molecule has 1 rings (SSSR count). The molecule has 1 saturated carbocycles. The van der Waals surface area contributed by atoms with Crippen molar-refractivity contribution in [1.82, 2.24) is 0 Å². The van der Waals surface area contributed by atoms with E-state index in [1.165, 1.54) is 32.1 Å². The summed E-state index contributed by atoms with van der Waals surface area (Å²) < 4.78 is 5.72. The van der Waals surface area contributed by atoms with Gasteiger partial charge in [-0.25, -0.2) is 0 Å². The molecule has 1 aliphatic carbocycles. The van der Waals surface area contributed by atoms with E-state index < -0.39 is 6.10 Å². The maximum absolute atomic E-state index is 10.5. The van der Waals surface area contributed by atoms with Crippen molar-refractivity contribution < 1.29 is 14.9 Å². The Morgan fingerprint density at radius 1 is 1.00 bits per heavy atom. The summed E-state index contributed by atoms with van der Waals surface area (Å²) in [6.07, 6.45) is 15.9. The van der Waals surface area contributed by atoms with Crippen molar-refractivity contribution in [2.24, 2.45) is 11.8 Å². The number of aliphatic hydroxyl groups excluding tert-OH is 2. The largest absolute Gasteiger partial charge is 0.393 e. The first-order valence-corrected chi connectivity index (χ1v) is 10.8. The smallest absolute Gasteiger partial charge is 0.0982 e. The summed E-state index contributed by atoms with van der Waals surface area (Å²) in [5, 5.41) is 20.8. The molecule has 5 atom stereocenters. The predicted molar refractivity (Wildman–Crippen MR) is 106 cm³/mol. The Hall–Kier alpha value is -0.380. The third-order valence-corrected chi connectivity index (χ3v) is 5.64. The molecule has 0 bridgehead atoms. The summed E-state index contributed by atoms with van der Waals surface area (Å²) in [7, 11) is 0. The molecule has 1 fully saturated rings. The third-order valence-electron chi connectivity index (χ3n) is 5.64. The summed E-state index contributed by atoms with van der Waals surface area (Å²) in [6.45, 7) is 7.03. The van der Waals surface area contributed by atoms with Gasteiger partial charge in [0.15, 0.2) is 0 Å². The minimum atomic E-state index is -0.533. The monoisotopic (exact) mass is 354 g/mol. The Labute approximate surface area is 155 Å². The van der Waals surface area contributed by atoms with E-state index >= 15 is 0 Å². The van der Waals surface area contributed by atoms with E-state index in [1.54, 1.807) is 0 Å². The van der Waals surface area contributed by atoms with Gasteiger partial charge in [-0.2, -0.15) is 0 Å². The normalized spacial score (nSPS) is 26.4. The molecule has 0 aromatic heterocycles. The molecule has 1 aliphatic rings. The van der Waals surface area contributed by atoms with Crippen molar-refractivity contribution in [3.05, 3.63) is 12.2 Å². The SMILES string of the molecule is CCCCCCC[C@H]1[C@@H](O)CC[C@@H]1/C=C/C(O)C(CCCC)OCC. The molecule has 0 spiro atoms. The molecule has 0 radical (unpaired) electrons. The zero-order chi connectivity index (χ0) is 18.5. The van der Waals surface area contributed by atoms with Crippen LogP contribution in [-0.2, 0) is 4.74 Å². The van der Waals surface area contributed by atoms with Crippen LogP contribution in [0.4, 0.5) is 0 Å². The Bertz CT molecular complexity index is 342. The lowest BCUT2D eigenvalue weighted by atomic mass is 9.88. The molecule has 0 aromatic rings. The van der Waals surface area contributed by atoms with Gasteiger partial charge in [-0.1, -0.05) is 70.9 Å². The molecular weight excluding hydrogens is 312 g/mol. The summed E-state index contributed by atoms with van der Waals surface area (Å²) in [4.78, 5) is 0. The highest BCUT2D eigenvalue weighted by molar-refractivity contribution is 5.02. The van der Waals surface area contributed by atoms with Crippen LogP contribution in [0.5, 0.6) is 0 Å². The highest BCUT2D eigenvalue weighted by atomic mass is 16.5. The van der Waals surface area contributed by atoms with E-state index in [0.717, 1.165) is 38.5 Å². The van der Waals surface area contributed by atoms with Crippen molar-refractivity contribution in [3.8, 4) is 0 Å². The summed E-state index contributed by atoms with van der Waals surface area (Å²) in [5.41, 5.74) is 0. The van der Waals surface area contributed by atoms with Crippen molar-refractivity contribution in [3.63, 3.8) is 0 Å². The third kappa shape index (κ3) is 8.70. The molecule has 0 aromatic carbocycles. The van der Waals surface area contributed by atoms with Crippen LogP contribution in [0.2, 0.25) is 0 Å². The first kappa shape index (κ1) is 22.7. The molecule has 0 aliphatic heterocycles. The zero-order valence-electron chi connectivity index (χ0n) is 16.8. The fourth-order valence-corrected chi connectivity index (χ4v) is 4.06. The van der Waals surface area contributed by atoms with Crippen LogP contribution in [0, 0.1) is 11.8 Å².